The summed E-state index contributed by atoms with van der Waals surface area (Å²) in [5.74, 6) is -0.968. The first-order valence-corrected chi connectivity index (χ1v) is 26.9. The molecule has 0 aromatic heterocycles. The summed E-state index contributed by atoms with van der Waals surface area (Å²) in [4.78, 5) is 38.0. The van der Waals surface area contributed by atoms with E-state index in [1.54, 1.807) is 0 Å². The number of carbonyl (C=O) groups is 3. The number of hydrogen-bond donors (Lipinski definition) is 0. The SMILES string of the molecule is CC/C=C/C=C/C=C/C=C/CCCCCC(=O)OCC(COC(=O)CCCCCCCC/C=C/C/C=C/C/C=C/C/C=C/CC)OC(=O)CCCCCCC/C=C/CCCCCCCCC. The molecule has 6 heteroatoms. The minimum atomic E-state index is -0.806. The van der Waals surface area contributed by atoms with Gasteiger partial charge in [-0.15, -0.1) is 0 Å². The van der Waals surface area contributed by atoms with Crippen molar-refractivity contribution in [3.63, 3.8) is 0 Å². The highest BCUT2D eigenvalue weighted by Gasteiger charge is 2.19. The molecule has 0 aliphatic heterocycles. The smallest absolute Gasteiger partial charge is 0.306 e. The van der Waals surface area contributed by atoms with E-state index < -0.39 is 6.10 Å². The van der Waals surface area contributed by atoms with Crippen LogP contribution in [-0.2, 0) is 28.6 Å². The molecule has 0 amide bonds. The van der Waals surface area contributed by atoms with Crippen molar-refractivity contribution in [2.75, 3.05) is 13.2 Å². The number of carbonyl (C=O) groups excluding carboxylic acids is 3. The summed E-state index contributed by atoms with van der Waals surface area (Å²) in [6.45, 7) is 6.32. The lowest BCUT2D eigenvalue weighted by Gasteiger charge is -2.18. The molecule has 6 nitrogen and oxygen atoms in total. The van der Waals surface area contributed by atoms with E-state index in [0.29, 0.717) is 19.3 Å². The predicted octanol–water partition coefficient (Wildman–Crippen LogP) is 17.9. The molecule has 0 aliphatic carbocycles. The van der Waals surface area contributed by atoms with E-state index in [4.69, 9.17) is 14.2 Å². The van der Waals surface area contributed by atoms with Gasteiger partial charge in [-0.05, 0) is 103 Å². The Morgan fingerprint density at radius 3 is 1.14 bits per heavy atom. The maximum absolute atomic E-state index is 12.8. The molecule has 0 radical (unpaired) electrons. The summed E-state index contributed by atoms with van der Waals surface area (Å²) >= 11 is 0. The molecule has 0 aromatic carbocycles. The first kappa shape index (κ1) is 62.1. The Labute approximate surface area is 406 Å². The van der Waals surface area contributed by atoms with Crippen molar-refractivity contribution in [1.29, 1.82) is 0 Å². The zero-order valence-corrected chi connectivity index (χ0v) is 42.7. The van der Waals surface area contributed by atoms with Gasteiger partial charge in [0.2, 0.25) is 0 Å². The number of allylic oxidation sites excluding steroid dienone is 18. The van der Waals surface area contributed by atoms with Gasteiger partial charge in [0.1, 0.15) is 13.2 Å². The maximum atomic E-state index is 12.8. The van der Waals surface area contributed by atoms with Gasteiger partial charge in [0.25, 0.3) is 0 Å². The van der Waals surface area contributed by atoms with Crippen LogP contribution in [0.2, 0.25) is 0 Å². The van der Waals surface area contributed by atoms with Gasteiger partial charge in [0, 0.05) is 19.3 Å². The van der Waals surface area contributed by atoms with Crippen LogP contribution in [0.1, 0.15) is 233 Å². The fourth-order valence-electron chi connectivity index (χ4n) is 7.08. The van der Waals surface area contributed by atoms with Crippen molar-refractivity contribution in [2.24, 2.45) is 0 Å². The minimum Gasteiger partial charge on any atom is -0.462 e. The summed E-state index contributed by atoms with van der Waals surface area (Å²) in [6, 6.07) is 0. The van der Waals surface area contributed by atoms with E-state index in [9.17, 15) is 14.4 Å². The highest BCUT2D eigenvalue weighted by atomic mass is 16.6. The number of esters is 3. The molecule has 0 aliphatic rings. The molecule has 0 spiro atoms. The van der Waals surface area contributed by atoms with Crippen LogP contribution in [0, 0.1) is 0 Å². The standard InChI is InChI=1S/C60H98O6/c1-4-7-10-13-16-19-22-25-27-29-30-31-33-35-38-41-44-47-50-53-59(62)65-56-57(55-64-58(61)52-49-46-43-40-37-34-24-21-18-15-12-9-6-3)66-60(63)54-51-48-45-42-39-36-32-28-26-23-20-17-14-11-8-5-2/h7,9-10,12,15-16,18-19,21,24-25,27-28,30-32,34,37,57H,4-6,8,11,13-14,17,20,22-23,26,29,33,35-36,38-56H2,1-3H3/b10-7+,12-9+,18-15+,19-16+,24-21+,27-25+,31-30+,32-28+,37-34+. The molecular formula is C60H98O6. The summed E-state index contributed by atoms with van der Waals surface area (Å²) in [5.41, 5.74) is 0. The Kier molecular flexibility index (Phi) is 50.5. The topological polar surface area (TPSA) is 78.9 Å². The van der Waals surface area contributed by atoms with Crippen LogP contribution in [0.15, 0.2) is 109 Å². The fourth-order valence-corrected chi connectivity index (χ4v) is 7.08. The summed E-state index contributed by atoms with van der Waals surface area (Å²) < 4.78 is 16.8. The van der Waals surface area contributed by atoms with Crippen LogP contribution < -0.4 is 0 Å². The van der Waals surface area contributed by atoms with Gasteiger partial charge in [-0.25, -0.2) is 0 Å². The lowest BCUT2D eigenvalue weighted by molar-refractivity contribution is -0.167. The summed E-state index contributed by atoms with van der Waals surface area (Å²) in [7, 11) is 0. The Hall–Kier alpha value is -3.93. The van der Waals surface area contributed by atoms with Crippen molar-refractivity contribution in [3.05, 3.63) is 109 Å². The van der Waals surface area contributed by atoms with Gasteiger partial charge in [0.05, 0.1) is 0 Å². The van der Waals surface area contributed by atoms with Gasteiger partial charge in [-0.2, -0.15) is 0 Å². The fraction of sp³-hybridized carbons (Fsp3) is 0.650. The normalized spacial score (nSPS) is 13.0. The average Bonchev–Trinajstić information content (AvgIpc) is 3.31. The van der Waals surface area contributed by atoms with Crippen LogP contribution in [0.3, 0.4) is 0 Å². The van der Waals surface area contributed by atoms with Crippen molar-refractivity contribution in [2.45, 2.75) is 239 Å². The second kappa shape index (κ2) is 53.7. The van der Waals surface area contributed by atoms with E-state index in [0.717, 1.165) is 122 Å². The number of hydrogen-bond acceptors (Lipinski definition) is 6. The zero-order chi connectivity index (χ0) is 47.9. The minimum absolute atomic E-state index is 0.104. The predicted molar refractivity (Wildman–Crippen MR) is 283 cm³/mol. The Balaban J connectivity index is 4.47. The molecule has 0 fully saturated rings. The molecule has 0 saturated carbocycles. The van der Waals surface area contributed by atoms with E-state index in [1.165, 1.54) is 70.6 Å². The van der Waals surface area contributed by atoms with Crippen LogP contribution in [0.5, 0.6) is 0 Å². The highest BCUT2D eigenvalue weighted by molar-refractivity contribution is 5.71. The maximum Gasteiger partial charge on any atom is 0.306 e. The van der Waals surface area contributed by atoms with Gasteiger partial charge in [0.15, 0.2) is 6.10 Å². The Morgan fingerprint density at radius 1 is 0.333 bits per heavy atom. The largest absolute Gasteiger partial charge is 0.462 e. The molecule has 0 N–H and O–H groups in total. The van der Waals surface area contributed by atoms with Crippen LogP contribution in [-0.4, -0.2) is 37.2 Å². The third-order valence-electron chi connectivity index (χ3n) is 11.1. The highest BCUT2D eigenvalue weighted by Crippen LogP contribution is 2.14. The molecule has 0 bridgehead atoms. The van der Waals surface area contributed by atoms with Gasteiger partial charge >= 0.3 is 17.9 Å². The molecule has 0 saturated heterocycles. The quantitative estimate of drug-likeness (QED) is 0.0199. The molecule has 66 heavy (non-hydrogen) atoms. The van der Waals surface area contributed by atoms with Crippen LogP contribution >= 0.6 is 0 Å². The first-order valence-electron chi connectivity index (χ1n) is 26.9. The molecule has 1 atom stereocenters. The molecule has 1 unspecified atom stereocenters. The molecule has 374 valence electrons. The monoisotopic (exact) mass is 915 g/mol. The third kappa shape index (κ3) is 51.1. The first-order chi connectivity index (χ1) is 32.5. The van der Waals surface area contributed by atoms with Gasteiger partial charge in [-0.3, -0.25) is 14.4 Å². The van der Waals surface area contributed by atoms with E-state index in [1.807, 2.05) is 36.5 Å². The van der Waals surface area contributed by atoms with E-state index in [2.05, 4.69) is 93.7 Å². The number of rotatable bonds is 47. The molecule has 0 rings (SSSR count). The number of ether oxygens (including phenoxy) is 3. The molecular weight excluding hydrogens is 817 g/mol. The van der Waals surface area contributed by atoms with E-state index >= 15 is 0 Å². The molecule has 0 heterocycles. The van der Waals surface area contributed by atoms with Crippen LogP contribution in [0.25, 0.3) is 0 Å². The lowest BCUT2D eigenvalue weighted by atomic mass is 10.1. The van der Waals surface area contributed by atoms with Crippen molar-refractivity contribution in [1.82, 2.24) is 0 Å². The average molecular weight is 915 g/mol. The summed E-state index contributed by atoms with van der Waals surface area (Å²) in [5, 5.41) is 0. The van der Waals surface area contributed by atoms with Crippen molar-refractivity contribution < 1.29 is 28.6 Å². The third-order valence-corrected chi connectivity index (χ3v) is 11.1. The summed E-state index contributed by atoms with van der Waals surface area (Å²) in [6.07, 6.45) is 72.2. The van der Waals surface area contributed by atoms with Gasteiger partial charge < -0.3 is 14.2 Å². The van der Waals surface area contributed by atoms with E-state index in [-0.39, 0.29) is 31.1 Å². The Bertz CT molecular complexity index is 1370. The Morgan fingerprint density at radius 2 is 0.667 bits per heavy atom. The van der Waals surface area contributed by atoms with Gasteiger partial charge in [-0.1, -0.05) is 220 Å². The zero-order valence-electron chi connectivity index (χ0n) is 42.7. The second-order valence-electron chi connectivity index (χ2n) is 17.5. The van der Waals surface area contributed by atoms with Crippen LogP contribution in [0.4, 0.5) is 0 Å². The molecule has 0 aromatic rings. The van der Waals surface area contributed by atoms with Crippen molar-refractivity contribution >= 4 is 17.9 Å². The van der Waals surface area contributed by atoms with Crippen molar-refractivity contribution in [3.8, 4) is 0 Å². The number of unbranched alkanes of at least 4 members (excludes halogenated alkanes) is 21. The lowest BCUT2D eigenvalue weighted by Crippen LogP contribution is -2.30. The second-order valence-corrected chi connectivity index (χ2v) is 17.5.